The molecule has 4 rings (SSSR count). The van der Waals surface area contributed by atoms with Crippen LogP contribution in [0.4, 0.5) is 0 Å². The van der Waals surface area contributed by atoms with E-state index in [0.29, 0.717) is 0 Å². The smallest absolute Gasteiger partial charge is 1.00 e. The summed E-state index contributed by atoms with van der Waals surface area (Å²) < 4.78 is 1.45. The van der Waals surface area contributed by atoms with Crippen molar-refractivity contribution in [2.75, 3.05) is 0 Å². The maximum atomic E-state index is 2.47. The summed E-state index contributed by atoms with van der Waals surface area (Å²) in [6, 6.07) is 13.4. The fraction of sp³-hybridized carbons (Fsp3) is 0.200. The van der Waals surface area contributed by atoms with Gasteiger partial charge >= 0.3 is 138 Å². The third-order valence-electron chi connectivity index (χ3n) is 4.63. The summed E-state index contributed by atoms with van der Waals surface area (Å²) in [7, 11) is 0. The second kappa shape index (κ2) is 7.51. The Labute approximate surface area is 162 Å². The van der Waals surface area contributed by atoms with Gasteiger partial charge in [-0.2, -0.15) is 0 Å². The molecule has 2 aromatic carbocycles. The van der Waals surface area contributed by atoms with Gasteiger partial charge < -0.3 is 24.8 Å². The Bertz CT molecular complexity index is 712. The number of hydrogen-bond donors (Lipinski definition) is 0. The van der Waals surface area contributed by atoms with Crippen LogP contribution in [0.2, 0.25) is 0 Å². The van der Waals surface area contributed by atoms with Crippen LogP contribution < -0.4 is 24.8 Å². The van der Waals surface area contributed by atoms with E-state index in [-0.39, 0.29) is 24.8 Å². The maximum absolute atomic E-state index is 2.47. The van der Waals surface area contributed by atoms with Crippen LogP contribution in [0.5, 0.6) is 0 Å². The molecular weight excluding hydrogens is 402 g/mol. The predicted molar refractivity (Wildman–Crippen MR) is 85.9 cm³/mol. The summed E-state index contributed by atoms with van der Waals surface area (Å²) in [6.45, 7) is 4.53. The average molecular weight is 420 g/mol. The van der Waals surface area contributed by atoms with E-state index >= 15 is 0 Å². The van der Waals surface area contributed by atoms with Crippen LogP contribution in [0.25, 0.3) is 12.2 Å². The minimum atomic E-state index is -0.595. The molecule has 0 bridgehead atoms. The SMILES string of the molecule is Cc1cccc2c1[CH]([Zr+2][CH]1C=Cc3cccc(C)c31)C=C2.[Cl-].[Cl-]. The molecule has 0 aliphatic heterocycles. The van der Waals surface area contributed by atoms with E-state index in [0.717, 1.165) is 7.25 Å². The van der Waals surface area contributed by atoms with Crippen LogP contribution in [-0.2, 0) is 23.2 Å². The fourth-order valence-corrected chi connectivity index (χ4v) is 8.34. The summed E-state index contributed by atoms with van der Waals surface area (Å²) in [5, 5.41) is 0. The van der Waals surface area contributed by atoms with Crippen LogP contribution in [0, 0.1) is 13.8 Å². The number of allylic oxidation sites excluding steroid dienone is 2. The van der Waals surface area contributed by atoms with Gasteiger partial charge in [0.1, 0.15) is 0 Å². The second-order valence-corrected chi connectivity index (χ2v) is 9.87. The number of benzene rings is 2. The molecule has 2 aliphatic rings. The van der Waals surface area contributed by atoms with Crippen molar-refractivity contribution in [3.63, 3.8) is 0 Å². The number of fused-ring (bicyclic) bond motifs is 2. The van der Waals surface area contributed by atoms with Gasteiger partial charge in [-0.25, -0.2) is 0 Å². The van der Waals surface area contributed by atoms with Crippen LogP contribution in [-0.4, -0.2) is 0 Å². The molecule has 2 aromatic rings. The first-order valence-electron chi connectivity index (χ1n) is 7.55. The van der Waals surface area contributed by atoms with E-state index < -0.39 is 23.2 Å². The van der Waals surface area contributed by atoms with Gasteiger partial charge in [0.2, 0.25) is 0 Å². The summed E-state index contributed by atoms with van der Waals surface area (Å²) in [5.74, 6) is 0. The van der Waals surface area contributed by atoms with E-state index in [2.05, 4.69) is 74.5 Å². The molecule has 2 unspecified atom stereocenters. The number of halogens is 2. The molecule has 3 heteroatoms. The number of hydrogen-bond acceptors (Lipinski definition) is 0. The maximum Gasteiger partial charge on any atom is -1.00 e. The summed E-state index contributed by atoms with van der Waals surface area (Å²) in [5.41, 5.74) is 9.06. The minimum Gasteiger partial charge on any atom is -1.00 e. The van der Waals surface area contributed by atoms with E-state index in [1.165, 1.54) is 22.3 Å². The molecule has 0 radical (unpaired) electrons. The first-order valence-corrected chi connectivity index (χ1v) is 10.4. The summed E-state index contributed by atoms with van der Waals surface area (Å²) >= 11 is -0.595. The van der Waals surface area contributed by atoms with Gasteiger partial charge in [0.25, 0.3) is 0 Å². The zero-order chi connectivity index (χ0) is 14.4. The zero-order valence-corrected chi connectivity index (χ0v) is 17.2. The Hall–Kier alpha value is -0.617. The summed E-state index contributed by atoms with van der Waals surface area (Å²) in [6.07, 6.45) is 9.61. The van der Waals surface area contributed by atoms with Crippen LogP contribution in [0.15, 0.2) is 48.6 Å². The van der Waals surface area contributed by atoms with Crippen LogP contribution in [0.3, 0.4) is 0 Å². The van der Waals surface area contributed by atoms with E-state index in [9.17, 15) is 0 Å². The van der Waals surface area contributed by atoms with Gasteiger partial charge in [0.05, 0.1) is 0 Å². The normalized spacial score (nSPS) is 19.4. The molecule has 0 N–H and O–H groups in total. The largest absolute Gasteiger partial charge is 1.00 e. The molecule has 0 nitrogen and oxygen atoms in total. The predicted octanol–water partition coefficient (Wildman–Crippen LogP) is -0.770. The van der Waals surface area contributed by atoms with Gasteiger partial charge in [0.15, 0.2) is 0 Å². The molecule has 116 valence electrons. The first kappa shape index (κ1) is 18.7. The van der Waals surface area contributed by atoms with Gasteiger partial charge in [-0.3, -0.25) is 0 Å². The van der Waals surface area contributed by atoms with Crippen LogP contribution in [0.1, 0.15) is 40.6 Å². The minimum absolute atomic E-state index is 0. The topological polar surface area (TPSA) is 0 Å². The number of rotatable bonds is 2. The molecule has 0 spiro atoms. The fourth-order valence-electron chi connectivity index (χ4n) is 3.61. The standard InChI is InChI=1S/2C10H9.2ClH.Zr/c2*1-8-4-2-5-9-6-3-7-10(8)9;;;/h2*2-7H,1H3;2*1H;/q;;;;+2/p-2. The number of aryl methyl sites for hydroxylation is 2. The Morgan fingerprint density at radius 3 is 1.57 bits per heavy atom. The molecule has 0 amide bonds. The molecule has 2 atom stereocenters. The van der Waals surface area contributed by atoms with E-state index in [1.807, 2.05) is 0 Å². The van der Waals surface area contributed by atoms with Crippen molar-refractivity contribution in [2.45, 2.75) is 21.1 Å². The van der Waals surface area contributed by atoms with E-state index in [1.54, 1.807) is 11.1 Å². The molecule has 0 fully saturated rings. The van der Waals surface area contributed by atoms with Gasteiger partial charge in [-0.15, -0.1) is 0 Å². The van der Waals surface area contributed by atoms with E-state index in [4.69, 9.17) is 0 Å². The molecule has 0 aromatic heterocycles. The third-order valence-corrected chi connectivity index (χ3v) is 8.76. The first-order chi connectivity index (χ1) is 10.2. The van der Waals surface area contributed by atoms with Crippen molar-refractivity contribution in [2.24, 2.45) is 0 Å². The van der Waals surface area contributed by atoms with Gasteiger partial charge in [0, 0.05) is 0 Å². The van der Waals surface area contributed by atoms with Crippen molar-refractivity contribution >= 4 is 12.2 Å². The Kier molecular flexibility index (Phi) is 6.12. The zero-order valence-electron chi connectivity index (χ0n) is 13.2. The molecule has 2 aliphatic carbocycles. The Morgan fingerprint density at radius 2 is 1.13 bits per heavy atom. The Balaban J connectivity index is 0.000000960. The van der Waals surface area contributed by atoms with Crippen molar-refractivity contribution in [3.8, 4) is 0 Å². The van der Waals surface area contributed by atoms with Crippen molar-refractivity contribution in [1.82, 2.24) is 0 Å². The van der Waals surface area contributed by atoms with Gasteiger partial charge in [-0.1, -0.05) is 0 Å². The average Bonchev–Trinajstić information content (AvgIpc) is 3.06. The molecule has 0 saturated heterocycles. The van der Waals surface area contributed by atoms with Crippen LogP contribution >= 0.6 is 0 Å². The molecule has 0 saturated carbocycles. The third kappa shape index (κ3) is 3.29. The van der Waals surface area contributed by atoms with Crippen molar-refractivity contribution in [3.05, 3.63) is 81.9 Å². The van der Waals surface area contributed by atoms with Crippen molar-refractivity contribution < 1.29 is 48.0 Å². The monoisotopic (exact) mass is 418 g/mol. The Morgan fingerprint density at radius 1 is 0.696 bits per heavy atom. The second-order valence-electron chi connectivity index (χ2n) is 6.00. The quantitative estimate of drug-likeness (QED) is 0.599. The molecule has 0 heterocycles. The summed E-state index contributed by atoms with van der Waals surface area (Å²) in [4.78, 5) is 0. The molecular formula is C20H18Cl2Zr. The van der Waals surface area contributed by atoms with Gasteiger partial charge in [-0.05, 0) is 0 Å². The van der Waals surface area contributed by atoms with Crippen molar-refractivity contribution in [1.29, 1.82) is 0 Å². The molecule has 23 heavy (non-hydrogen) atoms.